The number of methoxy groups -OCH3 is 1. The molecule has 0 radical (unpaired) electrons. The minimum Gasteiger partial charge on any atom is -0.480 e. The monoisotopic (exact) mass is 238 g/mol. The number of nitrogens with zero attached hydrogens (tertiary/aromatic N) is 2. The quantitative estimate of drug-likeness (QED) is 0.705. The lowest BCUT2D eigenvalue weighted by molar-refractivity contribution is 0.0377. The molecule has 0 unspecified atom stereocenters. The summed E-state index contributed by atoms with van der Waals surface area (Å²) in [6.45, 7) is 7.25. The number of hydrogen-bond acceptors (Lipinski definition) is 4. The Balaban J connectivity index is 2.91. The first-order valence-corrected chi connectivity index (χ1v) is 5.32. The standard InChI is InChI=1S/C12H18N2O3/c1-9-6-7-13-10(16-5)8-14(9)11(15)17-12(2,3)4/h6-8H,1-5H3. The molecule has 0 bridgehead atoms. The number of amides is 1. The molecule has 1 rings (SSSR count). The average Bonchev–Trinajstić information content (AvgIpc) is 2.37. The topological polar surface area (TPSA) is 51.1 Å². The number of carbonyl (C=O) groups is 1. The molecule has 1 aliphatic rings. The smallest absolute Gasteiger partial charge is 0.418 e. The van der Waals surface area contributed by atoms with Crippen LogP contribution < -0.4 is 0 Å². The Morgan fingerprint density at radius 2 is 2.06 bits per heavy atom. The van der Waals surface area contributed by atoms with Gasteiger partial charge in [0.05, 0.1) is 13.3 Å². The molecule has 0 saturated carbocycles. The van der Waals surface area contributed by atoms with Crippen molar-refractivity contribution in [2.24, 2.45) is 4.99 Å². The van der Waals surface area contributed by atoms with Gasteiger partial charge >= 0.3 is 6.09 Å². The van der Waals surface area contributed by atoms with Crippen molar-refractivity contribution >= 4 is 12.3 Å². The lowest BCUT2D eigenvalue weighted by Gasteiger charge is -2.25. The zero-order chi connectivity index (χ0) is 13.1. The predicted molar refractivity (Wildman–Crippen MR) is 65.4 cm³/mol. The van der Waals surface area contributed by atoms with E-state index in [1.54, 1.807) is 19.2 Å². The van der Waals surface area contributed by atoms with Gasteiger partial charge < -0.3 is 9.47 Å². The highest BCUT2D eigenvalue weighted by Crippen LogP contribution is 2.17. The van der Waals surface area contributed by atoms with Gasteiger partial charge in [0, 0.05) is 11.9 Å². The average molecular weight is 238 g/mol. The van der Waals surface area contributed by atoms with Gasteiger partial charge in [-0.1, -0.05) is 0 Å². The Hall–Kier alpha value is -1.78. The normalized spacial score (nSPS) is 15.9. The van der Waals surface area contributed by atoms with E-state index in [2.05, 4.69) is 4.99 Å². The molecule has 94 valence electrons. The fourth-order valence-electron chi connectivity index (χ4n) is 1.16. The summed E-state index contributed by atoms with van der Waals surface area (Å²) in [4.78, 5) is 17.3. The van der Waals surface area contributed by atoms with E-state index in [9.17, 15) is 4.79 Å². The van der Waals surface area contributed by atoms with Crippen molar-refractivity contribution in [3.8, 4) is 0 Å². The van der Waals surface area contributed by atoms with E-state index < -0.39 is 11.7 Å². The highest BCUT2D eigenvalue weighted by atomic mass is 16.6. The number of ether oxygens (including phenoxy) is 2. The van der Waals surface area contributed by atoms with Gasteiger partial charge in [0.15, 0.2) is 0 Å². The maximum Gasteiger partial charge on any atom is 0.418 e. The van der Waals surface area contributed by atoms with Crippen LogP contribution >= 0.6 is 0 Å². The molecule has 0 aromatic carbocycles. The maximum absolute atomic E-state index is 11.9. The van der Waals surface area contributed by atoms with Gasteiger partial charge in [-0.25, -0.2) is 9.79 Å². The van der Waals surface area contributed by atoms with E-state index in [1.165, 1.54) is 18.2 Å². The Bertz CT molecular complexity index is 389. The fourth-order valence-corrected chi connectivity index (χ4v) is 1.16. The molecular weight excluding hydrogens is 220 g/mol. The van der Waals surface area contributed by atoms with Crippen molar-refractivity contribution in [3.05, 3.63) is 23.9 Å². The SMILES string of the molecule is COC1=CN(C(=O)OC(C)(C)C)C(C)=CC=N1. The van der Waals surface area contributed by atoms with Crippen molar-refractivity contribution < 1.29 is 14.3 Å². The van der Waals surface area contributed by atoms with Gasteiger partial charge in [-0.05, 0) is 33.8 Å². The second-order valence-electron chi connectivity index (χ2n) is 4.61. The molecule has 0 fully saturated rings. The van der Waals surface area contributed by atoms with Gasteiger partial charge in [-0.2, -0.15) is 0 Å². The highest BCUT2D eigenvalue weighted by Gasteiger charge is 2.23. The number of allylic oxidation sites excluding steroid dienone is 2. The molecule has 5 nitrogen and oxygen atoms in total. The summed E-state index contributed by atoms with van der Waals surface area (Å²) < 4.78 is 10.3. The first-order chi connectivity index (χ1) is 7.83. The van der Waals surface area contributed by atoms with Crippen molar-refractivity contribution in [1.82, 2.24) is 4.90 Å². The minimum atomic E-state index is -0.536. The van der Waals surface area contributed by atoms with Gasteiger partial charge in [-0.15, -0.1) is 0 Å². The second-order valence-corrected chi connectivity index (χ2v) is 4.61. The van der Waals surface area contributed by atoms with Crippen LogP contribution in [0.2, 0.25) is 0 Å². The predicted octanol–water partition coefficient (Wildman–Crippen LogP) is 2.66. The summed E-state index contributed by atoms with van der Waals surface area (Å²) in [7, 11) is 1.50. The highest BCUT2D eigenvalue weighted by molar-refractivity contribution is 5.78. The van der Waals surface area contributed by atoms with Crippen LogP contribution in [0.5, 0.6) is 0 Å². The Morgan fingerprint density at radius 3 is 2.59 bits per heavy atom. The van der Waals surface area contributed by atoms with Crippen molar-refractivity contribution in [2.75, 3.05) is 7.11 Å². The molecule has 0 spiro atoms. The van der Waals surface area contributed by atoms with Crippen LogP contribution in [-0.4, -0.2) is 29.9 Å². The van der Waals surface area contributed by atoms with E-state index in [4.69, 9.17) is 9.47 Å². The second kappa shape index (κ2) is 5.03. The van der Waals surface area contributed by atoms with E-state index in [0.717, 1.165) is 5.70 Å². The van der Waals surface area contributed by atoms with Crippen LogP contribution in [0.4, 0.5) is 4.79 Å². The van der Waals surface area contributed by atoms with Crippen molar-refractivity contribution in [3.63, 3.8) is 0 Å². The van der Waals surface area contributed by atoms with Crippen LogP contribution in [0, 0.1) is 0 Å². The lowest BCUT2D eigenvalue weighted by atomic mass is 10.2. The van der Waals surface area contributed by atoms with Gasteiger partial charge in [0.2, 0.25) is 5.88 Å². The number of rotatable bonds is 1. The van der Waals surface area contributed by atoms with Crippen molar-refractivity contribution in [2.45, 2.75) is 33.3 Å². The first kappa shape index (κ1) is 13.3. The van der Waals surface area contributed by atoms with Gasteiger partial charge in [-0.3, -0.25) is 4.90 Å². The third kappa shape index (κ3) is 3.94. The number of aliphatic imine (C=N–C) groups is 1. The molecule has 0 aliphatic carbocycles. The molecule has 1 amide bonds. The lowest BCUT2D eigenvalue weighted by Crippen LogP contribution is -2.32. The number of carbonyl (C=O) groups excluding carboxylic acids is 1. The zero-order valence-corrected chi connectivity index (χ0v) is 10.9. The molecular formula is C12H18N2O3. The van der Waals surface area contributed by atoms with Crippen LogP contribution in [0.3, 0.4) is 0 Å². The van der Waals surface area contributed by atoms with Crippen LogP contribution in [-0.2, 0) is 9.47 Å². The van der Waals surface area contributed by atoms with E-state index in [0.29, 0.717) is 5.88 Å². The Morgan fingerprint density at radius 1 is 1.41 bits per heavy atom. The summed E-state index contributed by atoms with van der Waals surface area (Å²) in [6.07, 6.45) is 4.34. The summed E-state index contributed by atoms with van der Waals surface area (Å²) in [5, 5.41) is 0. The molecule has 0 N–H and O–H groups in total. The molecule has 1 aliphatic heterocycles. The molecule has 0 atom stereocenters. The third-order valence-electron chi connectivity index (χ3n) is 1.94. The summed E-state index contributed by atoms with van der Waals surface area (Å²) in [5.74, 6) is 0.351. The molecule has 0 saturated heterocycles. The van der Waals surface area contributed by atoms with Gasteiger partial charge in [0.1, 0.15) is 5.60 Å². The third-order valence-corrected chi connectivity index (χ3v) is 1.94. The summed E-state index contributed by atoms with van der Waals surface area (Å²) in [6, 6.07) is 0. The van der Waals surface area contributed by atoms with E-state index in [-0.39, 0.29) is 0 Å². The van der Waals surface area contributed by atoms with Crippen LogP contribution in [0.15, 0.2) is 28.8 Å². The Labute approximate surface area is 101 Å². The fraction of sp³-hybridized carbons (Fsp3) is 0.500. The minimum absolute atomic E-state index is 0.351. The molecule has 17 heavy (non-hydrogen) atoms. The molecule has 5 heteroatoms. The summed E-state index contributed by atoms with van der Waals surface area (Å²) >= 11 is 0. The van der Waals surface area contributed by atoms with Gasteiger partial charge in [0.25, 0.3) is 0 Å². The number of hydrogen-bond donors (Lipinski definition) is 0. The summed E-state index contributed by atoms with van der Waals surface area (Å²) in [5.41, 5.74) is 0.182. The first-order valence-electron chi connectivity index (χ1n) is 5.32. The molecule has 0 aromatic rings. The van der Waals surface area contributed by atoms with E-state index in [1.807, 2.05) is 20.8 Å². The maximum atomic E-state index is 11.9. The van der Waals surface area contributed by atoms with E-state index >= 15 is 0 Å². The van der Waals surface area contributed by atoms with Crippen LogP contribution in [0.1, 0.15) is 27.7 Å². The zero-order valence-electron chi connectivity index (χ0n) is 10.9. The molecule has 0 aromatic heterocycles. The Kier molecular flexibility index (Phi) is 3.93. The van der Waals surface area contributed by atoms with Crippen LogP contribution in [0.25, 0.3) is 0 Å². The molecule has 1 heterocycles. The largest absolute Gasteiger partial charge is 0.480 e. The van der Waals surface area contributed by atoms with Crippen molar-refractivity contribution in [1.29, 1.82) is 0 Å².